The van der Waals surface area contributed by atoms with Gasteiger partial charge in [0.25, 0.3) is 0 Å². The van der Waals surface area contributed by atoms with E-state index >= 15 is 0 Å². The number of nitrogens with one attached hydrogen (secondary N) is 1. The Morgan fingerprint density at radius 3 is 2.71 bits per heavy atom. The van der Waals surface area contributed by atoms with Crippen molar-refractivity contribution in [2.24, 2.45) is 0 Å². The van der Waals surface area contributed by atoms with Crippen molar-refractivity contribution in [2.75, 3.05) is 6.54 Å². The molecule has 0 heterocycles. The van der Waals surface area contributed by atoms with Gasteiger partial charge in [-0.25, -0.2) is 0 Å². The third-order valence-corrected chi connectivity index (χ3v) is 3.52. The smallest absolute Gasteiger partial charge is 0.312 e. The molecule has 110 valence electrons. The number of para-hydroxylation sites is 2. The Hall–Kier alpha value is -1.92. The average molecular weight is 351 g/mol. The van der Waals surface area contributed by atoms with Gasteiger partial charge in [-0.2, -0.15) is 0 Å². The molecule has 0 aliphatic carbocycles. The topological polar surface area (TPSA) is 64.4 Å². The van der Waals surface area contributed by atoms with Crippen molar-refractivity contribution >= 4 is 21.6 Å². The van der Waals surface area contributed by atoms with Gasteiger partial charge in [-0.1, -0.05) is 31.2 Å². The number of halogens is 1. The first-order valence-corrected chi connectivity index (χ1v) is 7.32. The molecule has 5 nitrogen and oxygen atoms in total. The number of rotatable bonds is 6. The average Bonchev–Trinajstić information content (AvgIpc) is 2.48. The molecule has 2 aromatic carbocycles. The van der Waals surface area contributed by atoms with Crippen molar-refractivity contribution in [3.8, 4) is 11.5 Å². The molecule has 1 N–H and O–H groups in total. The fraction of sp³-hybridized carbons (Fsp3) is 0.200. The molecule has 0 aromatic heterocycles. The Balaban J connectivity index is 2.37. The third kappa shape index (κ3) is 3.80. The Morgan fingerprint density at radius 2 is 2.00 bits per heavy atom. The summed E-state index contributed by atoms with van der Waals surface area (Å²) in [6.07, 6.45) is 0. The van der Waals surface area contributed by atoms with Crippen molar-refractivity contribution in [1.82, 2.24) is 5.32 Å². The highest BCUT2D eigenvalue weighted by atomic mass is 79.9. The van der Waals surface area contributed by atoms with Crippen molar-refractivity contribution in [2.45, 2.75) is 13.5 Å². The second-order valence-corrected chi connectivity index (χ2v) is 5.19. The van der Waals surface area contributed by atoms with Gasteiger partial charge in [0.1, 0.15) is 5.75 Å². The van der Waals surface area contributed by atoms with Crippen LogP contribution in [-0.2, 0) is 6.54 Å². The molecule has 0 radical (unpaired) electrons. The van der Waals surface area contributed by atoms with Crippen LogP contribution in [0.1, 0.15) is 12.5 Å². The molecule has 0 saturated heterocycles. The van der Waals surface area contributed by atoms with E-state index in [-0.39, 0.29) is 11.4 Å². The zero-order valence-corrected chi connectivity index (χ0v) is 13.1. The van der Waals surface area contributed by atoms with Crippen LogP contribution < -0.4 is 10.1 Å². The van der Waals surface area contributed by atoms with Crippen LogP contribution in [0.4, 0.5) is 5.69 Å². The maximum atomic E-state index is 11.1. The molecule has 0 aliphatic heterocycles. The molecule has 0 saturated carbocycles. The molecule has 0 fully saturated rings. The van der Waals surface area contributed by atoms with E-state index in [1.807, 2.05) is 25.1 Å². The van der Waals surface area contributed by atoms with Gasteiger partial charge in [0.05, 0.1) is 9.40 Å². The van der Waals surface area contributed by atoms with Gasteiger partial charge in [0.2, 0.25) is 5.75 Å². The van der Waals surface area contributed by atoms with Gasteiger partial charge in [-0.3, -0.25) is 10.1 Å². The molecule has 0 amide bonds. The lowest BCUT2D eigenvalue weighted by Gasteiger charge is -2.12. The predicted octanol–water partition coefficient (Wildman–Crippen LogP) is 4.26. The monoisotopic (exact) mass is 350 g/mol. The van der Waals surface area contributed by atoms with E-state index < -0.39 is 4.92 Å². The van der Waals surface area contributed by atoms with E-state index in [1.165, 1.54) is 6.07 Å². The van der Waals surface area contributed by atoms with Gasteiger partial charge >= 0.3 is 5.69 Å². The van der Waals surface area contributed by atoms with Crippen LogP contribution in [0.5, 0.6) is 11.5 Å². The minimum atomic E-state index is -0.451. The lowest BCUT2D eigenvalue weighted by atomic mass is 10.2. The number of hydrogen-bond donors (Lipinski definition) is 1. The summed E-state index contributed by atoms with van der Waals surface area (Å²) in [5, 5.41) is 14.3. The Labute approximate surface area is 131 Å². The summed E-state index contributed by atoms with van der Waals surface area (Å²) in [7, 11) is 0. The second kappa shape index (κ2) is 7.19. The first-order chi connectivity index (χ1) is 10.1. The molecule has 2 rings (SSSR count). The Bertz CT molecular complexity index is 647. The van der Waals surface area contributed by atoms with E-state index in [0.717, 1.165) is 12.1 Å². The molecular weight excluding hydrogens is 336 g/mol. The Kier molecular flexibility index (Phi) is 5.30. The summed E-state index contributed by atoms with van der Waals surface area (Å²) in [5.74, 6) is 0.819. The standard InChI is InChI=1S/C15H15BrN2O3/c1-2-17-10-11-6-3-4-9-14(11)21-15-12(16)7-5-8-13(15)18(19)20/h3-9,17H,2,10H2,1H3. The number of nitrogens with zero attached hydrogens (tertiary/aromatic N) is 1. The zero-order valence-electron chi connectivity index (χ0n) is 11.5. The summed E-state index contributed by atoms with van der Waals surface area (Å²) in [5.41, 5.74) is 0.882. The van der Waals surface area contributed by atoms with Gasteiger partial charge in [0.15, 0.2) is 0 Å². The molecular formula is C15H15BrN2O3. The van der Waals surface area contributed by atoms with Crippen molar-refractivity contribution in [3.05, 3.63) is 62.6 Å². The largest absolute Gasteiger partial charge is 0.449 e. The first kappa shape index (κ1) is 15.5. The molecule has 0 spiro atoms. The molecule has 0 bridgehead atoms. The van der Waals surface area contributed by atoms with E-state index in [2.05, 4.69) is 21.2 Å². The van der Waals surface area contributed by atoms with Gasteiger partial charge in [0, 0.05) is 18.2 Å². The van der Waals surface area contributed by atoms with E-state index in [1.54, 1.807) is 18.2 Å². The number of ether oxygens (including phenoxy) is 1. The van der Waals surface area contributed by atoms with Gasteiger partial charge < -0.3 is 10.1 Å². The highest BCUT2D eigenvalue weighted by Crippen LogP contribution is 2.38. The first-order valence-electron chi connectivity index (χ1n) is 6.53. The molecule has 21 heavy (non-hydrogen) atoms. The van der Waals surface area contributed by atoms with Crippen LogP contribution in [0.2, 0.25) is 0 Å². The fourth-order valence-electron chi connectivity index (χ4n) is 1.86. The van der Waals surface area contributed by atoms with Crippen molar-refractivity contribution in [3.63, 3.8) is 0 Å². The van der Waals surface area contributed by atoms with Crippen LogP contribution >= 0.6 is 15.9 Å². The minimum absolute atomic E-state index is 0.0670. The van der Waals surface area contributed by atoms with Crippen LogP contribution in [-0.4, -0.2) is 11.5 Å². The lowest BCUT2D eigenvalue weighted by Crippen LogP contribution is -2.12. The number of nitro benzene ring substituents is 1. The summed E-state index contributed by atoms with van der Waals surface area (Å²) >= 11 is 3.31. The molecule has 0 unspecified atom stereocenters. The molecule has 6 heteroatoms. The zero-order chi connectivity index (χ0) is 15.2. The molecule has 2 aromatic rings. The van der Waals surface area contributed by atoms with Crippen LogP contribution in [0, 0.1) is 10.1 Å². The number of nitro groups is 1. The summed E-state index contributed by atoms with van der Waals surface area (Å²) in [6.45, 7) is 3.50. The predicted molar refractivity (Wildman–Crippen MR) is 84.7 cm³/mol. The lowest BCUT2D eigenvalue weighted by molar-refractivity contribution is -0.385. The Morgan fingerprint density at radius 1 is 1.24 bits per heavy atom. The van der Waals surface area contributed by atoms with Gasteiger partial charge in [-0.15, -0.1) is 0 Å². The third-order valence-electron chi connectivity index (χ3n) is 2.89. The fourth-order valence-corrected chi connectivity index (χ4v) is 2.30. The quantitative estimate of drug-likeness (QED) is 0.624. The highest BCUT2D eigenvalue weighted by molar-refractivity contribution is 9.10. The molecule has 0 atom stereocenters. The van der Waals surface area contributed by atoms with E-state index in [0.29, 0.717) is 16.8 Å². The van der Waals surface area contributed by atoms with Crippen LogP contribution in [0.15, 0.2) is 46.9 Å². The number of hydrogen-bond acceptors (Lipinski definition) is 4. The summed E-state index contributed by atoms with van der Waals surface area (Å²) in [4.78, 5) is 10.7. The van der Waals surface area contributed by atoms with E-state index in [4.69, 9.17) is 4.74 Å². The van der Waals surface area contributed by atoms with Crippen LogP contribution in [0.25, 0.3) is 0 Å². The van der Waals surface area contributed by atoms with Gasteiger partial charge in [-0.05, 0) is 34.6 Å². The SMILES string of the molecule is CCNCc1ccccc1Oc1c(Br)cccc1[N+](=O)[O-]. The molecule has 0 aliphatic rings. The summed E-state index contributed by atoms with van der Waals surface area (Å²) in [6, 6.07) is 12.2. The van der Waals surface area contributed by atoms with Crippen molar-refractivity contribution in [1.29, 1.82) is 0 Å². The van der Waals surface area contributed by atoms with Crippen molar-refractivity contribution < 1.29 is 9.66 Å². The normalized spacial score (nSPS) is 10.4. The second-order valence-electron chi connectivity index (χ2n) is 4.34. The maximum absolute atomic E-state index is 11.1. The number of benzene rings is 2. The summed E-state index contributed by atoms with van der Waals surface area (Å²) < 4.78 is 6.35. The van der Waals surface area contributed by atoms with E-state index in [9.17, 15) is 10.1 Å². The van der Waals surface area contributed by atoms with Crippen LogP contribution in [0.3, 0.4) is 0 Å². The minimum Gasteiger partial charge on any atom is -0.449 e. The maximum Gasteiger partial charge on any atom is 0.312 e. The highest BCUT2D eigenvalue weighted by Gasteiger charge is 2.19.